The minimum Gasteiger partial charge on any atom is -0.370 e. The van der Waals surface area contributed by atoms with Crippen molar-refractivity contribution >= 4 is 5.96 Å². The first-order chi connectivity index (χ1) is 7.25. The maximum Gasteiger partial charge on any atom is 0.191 e. The van der Waals surface area contributed by atoms with E-state index >= 15 is 0 Å². The lowest BCUT2D eigenvalue weighted by Gasteiger charge is -2.31. The summed E-state index contributed by atoms with van der Waals surface area (Å²) >= 11 is 0. The fraction of sp³-hybridized carbons (Fsp3) is 0.917. The molecule has 1 aliphatic carbocycles. The fourth-order valence-corrected chi connectivity index (χ4v) is 2.11. The lowest BCUT2D eigenvalue weighted by Crippen LogP contribution is -2.42. The molecule has 1 heterocycles. The van der Waals surface area contributed by atoms with Gasteiger partial charge in [-0.15, -0.1) is 0 Å². The van der Waals surface area contributed by atoms with E-state index in [2.05, 4.69) is 16.8 Å². The molecule has 3 nitrogen and oxygen atoms in total. The molecule has 1 saturated heterocycles. The number of likely N-dealkylation sites (tertiary alicyclic amines) is 1. The molecule has 2 N–H and O–H groups in total. The van der Waals surface area contributed by atoms with Crippen molar-refractivity contribution < 1.29 is 0 Å². The number of hydrogen-bond donors (Lipinski definition) is 1. The molecule has 0 aromatic heterocycles. The number of nitrogens with two attached hydrogens (primary N) is 1. The molecule has 2 rings (SSSR count). The van der Waals surface area contributed by atoms with E-state index in [1.54, 1.807) is 0 Å². The SMILES string of the molecule is CC1CCN(C(N)=NCCC2CC2)CC1. The minimum atomic E-state index is 0.780. The number of hydrogen-bond acceptors (Lipinski definition) is 1. The van der Waals surface area contributed by atoms with Gasteiger partial charge in [-0.1, -0.05) is 19.8 Å². The van der Waals surface area contributed by atoms with Crippen LogP contribution in [0.4, 0.5) is 0 Å². The van der Waals surface area contributed by atoms with Crippen LogP contribution in [0.2, 0.25) is 0 Å². The predicted octanol–water partition coefficient (Wildman–Crippen LogP) is 1.83. The third-order valence-electron chi connectivity index (χ3n) is 3.62. The molecule has 0 radical (unpaired) electrons. The second-order valence-electron chi connectivity index (χ2n) is 5.14. The Balaban J connectivity index is 1.70. The van der Waals surface area contributed by atoms with Gasteiger partial charge in [0.15, 0.2) is 5.96 Å². The van der Waals surface area contributed by atoms with E-state index in [-0.39, 0.29) is 0 Å². The molecule has 86 valence electrons. The second-order valence-corrected chi connectivity index (χ2v) is 5.14. The summed E-state index contributed by atoms with van der Waals surface area (Å²) in [5, 5.41) is 0. The molecular weight excluding hydrogens is 186 g/mol. The van der Waals surface area contributed by atoms with Gasteiger partial charge < -0.3 is 10.6 Å². The molecule has 0 bridgehead atoms. The third kappa shape index (κ3) is 3.40. The first-order valence-corrected chi connectivity index (χ1v) is 6.30. The van der Waals surface area contributed by atoms with Gasteiger partial charge in [-0.2, -0.15) is 0 Å². The van der Waals surface area contributed by atoms with Crippen LogP contribution in [0.5, 0.6) is 0 Å². The Bertz CT molecular complexity index is 225. The van der Waals surface area contributed by atoms with Gasteiger partial charge in [-0.05, 0) is 31.1 Å². The Labute approximate surface area is 92.7 Å². The molecule has 0 spiro atoms. The van der Waals surface area contributed by atoms with Gasteiger partial charge in [0, 0.05) is 19.6 Å². The Morgan fingerprint density at radius 1 is 1.27 bits per heavy atom. The molecule has 15 heavy (non-hydrogen) atoms. The molecule has 3 heteroatoms. The van der Waals surface area contributed by atoms with Gasteiger partial charge in [0.2, 0.25) is 0 Å². The average molecular weight is 209 g/mol. The number of rotatable bonds is 3. The average Bonchev–Trinajstić information content (AvgIpc) is 3.02. The van der Waals surface area contributed by atoms with Gasteiger partial charge >= 0.3 is 0 Å². The molecule has 2 fully saturated rings. The zero-order valence-electron chi connectivity index (χ0n) is 9.78. The van der Waals surface area contributed by atoms with Gasteiger partial charge in [0.1, 0.15) is 0 Å². The van der Waals surface area contributed by atoms with E-state index in [1.807, 2.05) is 0 Å². The predicted molar refractivity (Wildman–Crippen MR) is 63.8 cm³/mol. The van der Waals surface area contributed by atoms with Crippen LogP contribution in [-0.2, 0) is 0 Å². The molecule has 0 aromatic rings. The van der Waals surface area contributed by atoms with E-state index in [0.29, 0.717) is 0 Å². The van der Waals surface area contributed by atoms with Gasteiger partial charge in [-0.3, -0.25) is 4.99 Å². The topological polar surface area (TPSA) is 41.6 Å². The van der Waals surface area contributed by atoms with Crippen molar-refractivity contribution in [1.82, 2.24) is 4.90 Å². The lowest BCUT2D eigenvalue weighted by molar-refractivity contribution is 0.277. The Kier molecular flexibility index (Phi) is 3.49. The molecule has 0 aromatic carbocycles. The third-order valence-corrected chi connectivity index (χ3v) is 3.62. The Hall–Kier alpha value is -0.730. The van der Waals surface area contributed by atoms with Crippen molar-refractivity contribution in [3.05, 3.63) is 0 Å². The fourth-order valence-electron chi connectivity index (χ4n) is 2.11. The molecular formula is C12H23N3. The van der Waals surface area contributed by atoms with Crippen LogP contribution in [0.3, 0.4) is 0 Å². The lowest BCUT2D eigenvalue weighted by atomic mass is 10.00. The van der Waals surface area contributed by atoms with E-state index in [9.17, 15) is 0 Å². The van der Waals surface area contributed by atoms with Crippen LogP contribution in [0.1, 0.15) is 39.0 Å². The van der Waals surface area contributed by atoms with Crippen LogP contribution >= 0.6 is 0 Å². The van der Waals surface area contributed by atoms with Crippen molar-refractivity contribution in [3.8, 4) is 0 Å². The number of aliphatic imine (C=N–C) groups is 1. The zero-order chi connectivity index (χ0) is 10.7. The summed E-state index contributed by atoms with van der Waals surface area (Å²) in [5.74, 6) is 2.60. The maximum atomic E-state index is 5.98. The number of nitrogens with zero attached hydrogens (tertiary/aromatic N) is 2. The number of piperidine rings is 1. The van der Waals surface area contributed by atoms with Crippen molar-refractivity contribution in [3.63, 3.8) is 0 Å². The van der Waals surface area contributed by atoms with Gasteiger partial charge in [0.05, 0.1) is 0 Å². The highest BCUT2D eigenvalue weighted by Gasteiger charge is 2.21. The largest absolute Gasteiger partial charge is 0.370 e. The summed E-state index contributed by atoms with van der Waals surface area (Å²) in [7, 11) is 0. The monoisotopic (exact) mass is 209 g/mol. The molecule has 0 atom stereocenters. The van der Waals surface area contributed by atoms with Crippen LogP contribution < -0.4 is 5.73 Å². The maximum absolute atomic E-state index is 5.98. The zero-order valence-corrected chi connectivity index (χ0v) is 9.78. The van der Waals surface area contributed by atoms with Crippen molar-refractivity contribution in [2.45, 2.75) is 39.0 Å². The summed E-state index contributed by atoms with van der Waals surface area (Å²) in [6, 6.07) is 0. The smallest absolute Gasteiger partial charge is 0.191 e. The summed E-state index contributed by atoms with van der Waals surface area (Å²) in [4.78, 5) is 6.72. The molecule has 0 unspecified atom stereocenters. The summed E-state index contributed by atoms with van der Waals surface area (Å²) in [6.45, 7) is 5.44. The summed E-state index contributed by atoms with van der Waals surface area (Å²) < 4.78 is 0. The van der Waals surface area contributed by atoms with E-state index in [4.69, 9.17) is 5.73 Å². The van der Waals surface area contributed by atoms with Crippen molar-refractivity contribution in [1.29, 1.82) is 0 Å². The standard InChI is InChI=1S/C12H23N3/c1-10-5-8-15(9-6-10)12(13)14-7-4-11-2-3-11/h10-11H,2-9H2,1H3,(H2,13,14). The highest BCUT2D eigenvalue weighted by Crippen LogP contribution is 2.32. The van der Waals surface area contributed by atoms with Crippen LogP contribution in [0, 0.1) is 11.8 Å². The Morgan fingerprint density at radius 2 is 1.93 bits per heavy atom. The highest BCUT2D eigenvalue weighted by atomic mass is 15.3. The first kappa shape index (κ1) is 10.8. The van der Waals surface area contributed by atoms with E-state index in [1.165, 1.54) is 32.1 Å². The molecule has 2 aliphatic rings. The number of guanidine groups is 1. The normalized spacial score (nSPS) is 24.6. The van der Waals surface area contributed by atoms with Crippen molar-refractivity contribution in [2.75, 3.05) is 19.6 Å². The molecule has 1 saturated carbocycles. The van der Waals surface area contributed by atoms with Crippen LogP contribution in [0.25, 0.3) is 0 Å². The van der Waals surface area contributed by atoms with Gasteiger partial charge in [0.25, 0.3) is 0 Å². The second kappa shape index (κ2) is 4.86. The van der Waals surface area contributed by atoms with E-state index in [0.717, 1.165) is 37.4 Å². The van der Waals surface area contributed by atoms with Crippen molar-refractivity contribution in [2.24, 2.45) is 22.6 Å². The summed E-state index contributed by atoms with van der Waals surface area (Å²) in [5.41, 5.74) is 5.98. The van der Waals surface area contributed by atoms with E-state index < -0.39 is 0 Å². The van der Waals surface area contributed by atoms with Crippen LogP contribution in [0.15, 0.2) is 4.99 Å². The summed E-state index contributed by atoms with van der Waals surface area (Å²) in [6.07, 6.45) is 6.59. The molecule has 1 aliphatic heterocycles. The molecule has 0 amide bonds. The Morgan fingerprint density at radius 3 is 2.53 bits per heavy atom. The minimum absolute atomic E-state index is 0.780. The van der Waals surface area contributed by atoms with Crippen LogP contribution in [-0.4, -0.2) is 30.5 Å². The quantitative estimate of drug-likeness (QED) is 0.569. The van der Waals surface area contributed by atoms with Gasteiger partial charge in [-0.25, -0.2) is 0 Å². The first-order valence-electron chi connectivity index (χ1n) is 6.30. The highest BCUT2D eigenvalue weighted by molar-refractivity contribution is 5.78.